The van der Waals surface area contributed by atoms with Gasteiger partial charge in [-0.25, -0.2) is 0 Å². The topological polar surface area (TPSA) is 52.3 Å². The number of nitrogens with one attached hydrogen (secondary N) is 3. The minimum atomic E-state index is 0.354. The number of likely N-dealkylation sites (tertiary alicyclic amines) is 2. The number of nitrogens with zero attached hydrogens (tertiary/aromatic N) is 5. The monoisotopic (exact) mass is 597 g/mol. The number of likely N-dealkylation sites (N-methyl/N-ethyl adjacent to an activating group) is 2. The normalized spacial score (nSPS) is 23.1. The van der Waals surface area contributed by atoms with Crippen molar-refractivity contribution in [2.45, 2.75) is 123 Å². The van der Waals surface area contributed by atoms with E-state index in [1.165, 1.54) is 84.5 Å². The highest BCUT2D eigenvalue weighted by atomic mass is 15.3. The first kappa shape index (κ1) is 39.7. The summed E-state index contributed by atoms with van der Waals surface area (Å²) in [5.41, 5.74) is 0.354. The van der Waals surface area contributed by atoms with E-state index in [1.807, 2.05) is 7.05 Å². The fourth-order valence-corrected chi connectivity index (χ4v) is 6.11. The molecule has 0 radical (unpaired) electrons. The van der Waals surface area contributed by atoms with Gasteiger partial charge < -0.3 is 25.8 Å². The molecule has 3 N–H and O–H groups in total. The molecule has 8 heteroatoms. The van der Waals surface area contributed by atoms with Gasteiger partial charge in [-0.2, -0.15) is 0 Å². The van der Waals surface area contributed by atoms with Crippen LogP contribution >= 0.6 is 0 Å². The highest BCUT2D eigenvalue weighted by molar-refractivity contribution is 4.87. The lowest BCUT2D eigenvalue weighted by Gasteiger charge is -2.45. The summed E-state index contributed by atoms with van der Waals surface area (Å²) in [5.74, 6) is 0. The maximum atomic E-state index is 3.47. The molecule has 0 aromatic carbocycles. The third-order valence-corrected chi connectivity index (χ3v) is 9.35. The summed E-state index contributed by atoms with van der Waals surface area (Å²) in [6.07, 6.45) is 6.65. The Hall–Kier alpha value is -0.320. The summed E-state index contributed by atoms with van der Waals surface area (Å²) in [5, 5.41) is 10.0. The Bertz CT molecular complexity index is 620. The number of piperidine rings is 2. The Morgan fingerprint density at radius 3 is 1.88 bits per heavy atom. The van der Waals surface area contributed by atoms with E-state index in [2.05, 4.69) is 117 Å². The Balaban J connectivity index is 0.000000322. The molecule has 3 rings (SSSR count). The molecule has 3 aliphatic rings. The Morgan fingerprint density at radius 1 is 0.786 bits per heavy atom. The zero-order valence-corrected chi connectivity index (χ0v) is 30.4. The van der Waals surface area contributed by atoms with Crippen LogP contribution in [0.15, 0.2) is 0 Å². The predicted octanol–water partition coefficient (Wildman–Crippen LogP) is 3.49. The van der Waals surface area contributed by atoms with Crippen LogP contribution in [0.2, 0.25) is 0 Å². The Morgan fingerprint density at radius 2 is 1.38 bits per heavy atom. The van der Waals surface area contributed by atoms with Gasteiger partial charge in [-0.3, -0.25) is 14.7 Å². The van der Waals surface area contributed by atoms with Crippen molar-refractivity contribution in [1.29, 1.82) is 0 Å². The number of rotatable bonds is 11. The largest absolute Gasteiger partial charge is 0.320 e. The Kier molecular flexibility index (Phi) is 20.3. The standard InChI is InChI=1S/C14H29N3.C10H25N3.C10H22N2/c1-14(2,3)17-7-5-13(6-8-17)16-11-9-15(4)10-12-16;1-9(2)12-7-8-13-10(3)5-6-11-4;1-9(2)12-7-5-6-10(8-12)11(3)4/h13H,5-12H2,1-4H3;9-13H,5-8H2,1-4H3;9-10H,5-8H2,1-4H3. The molecule has 42 heavy (non-hydrogen) atoms. The maximum Gasteiger partial charge on any atom is 0.0217 e. The highest BCUT2D eigenvalue weighted by Crippen LogP contribution is 2.23. The summed E-state index contributed by atoms with van der Waals surface area (Å²) < 4.78 is 0. The van der Waals surface area contributed by atoms with E-state index >= 15 is 0 Å². The summed E-state index contributed by atoms with van der Waals surface area (Å²) in [6.45, 7) is 31.5. The molecule has 0 bridgehead atoms. The van der Waals surface area contributed by atoms with Crippen LogP contribution in [0.1, 0.15) is 87.5 Å². The predicted molar refractivity (Wildman–Crippen MR) is 186 cm³/mol. The zero-order valence-electron chi connectivity index (χ0n) is 30.4. The van der Waals surface area contributed by atoms with E-state index in [0.717, 1.165) is 31.7 Å². The quantitative estimate of drug-likeness (QED) is 0.314. The lowest BCUT2D eigenvalue weighted by Crippen LogP contribution is -2.54. The second kappa shape index (κ2) is 21.4. The molecule has 2 unspecified atom stereocenters. The minimum Gasteiger partial charge on any atom is -0.320 e. The Labute approximate surface area is 263 Å². The van der Waals surface area contributed by atoms with Crippen LogP contribution in [0.5, 0.6) is 0 Å². The van der Waals surface area contributed by atoms with Gasteiger partial charge in [0.15, 0.2) is 0 Å². The van der Waals surface area contributed by atoms with Crippen LogP contribution in [-0.2, 0) is 0 Å². The molecular weight excluding hydrogens is 520 g/mol. The molecule has 0 aromatic rings. The van der Waals surface area contributed by atoms with Gasteiger partial charge >= 0.3 is 0 Å². The molecule has 252 valence electrons. The molecule has 3 saturated heterocycles. The SMILES string of the molecule is CC(C)N1CCCC(N(C)C)C1.CN1CCN(C2CCN(C(C)(C)C)CC2)CC1.CNCCC(C)NCCNC(C)C. The van der Waals surface area contributed by atoms with E-state index in [4.69, 9.17) is 0 Å². The zero-order chi connectivity index (χ0) is 31.7. The molecular formula is C34H76N8. The van der Waals surface area contributed by atoms with Crippen molar-refractivity contribution in [2.75, 3.05) is 100 Å². The van der Waals surface area contributed by atoms with Crippen molar-refractivity contribution >= 4 is 0 Å². The average molecular weight is 597 g/mol. The summed E-state index contributed by atoms with van der Waals surface area (Å²) in [7, 11) is 8.61. The molecule has 2 atom stereocenters. The third-order valence-electron chi connectivity index (χ3n) is 9.35. The molecule has 3 aliphatic heterocycles. The lowest BCUT2D eigenvalue weighted by atomic mass is 9.97. The van der Waals surface area contributed by atoms with Crippen LogP contribution in [-0.4, -0.2) is 160 Å². The van der Waals surface area contributed by atoms with Crippen molar-refractivity contribution in [3.05, 3.63) is 0 Å². The third kappa shape index (κ3) is 17.2. The van der Waals surface area contributed by atoms with E-state index in [9.17, 15) is 0 Å². The van der Waals surface area contributed by atoms with Gasteiger partial charge in [-0.15, -0.1) is 0 Å². The summed E-state index contributed by atoms with van der Waals surface area (Å²) in [6, 6.07) is 3.55. The van der Waals surface area contributed by atoms with Gasteiger partial charge in [0.05, 0.1) is 0 Å². The van der Waals surface area contributed by atoms with Crippen LogP contribution in [0.4, 0.5) is 0 Å². The number of hydrogen-bond acceptors (Lipinski definition) is 8. The van der Waals surface area contributed by atoms with E-state index < -0.39 is 0 Å². The van der Waals surface area contributed by atoms with E-state index in [-0.39, 0.29) is 0 Å². The average Bonchev–Trinajstić information content (AvgIpc) is 2.95. The van der Waals surface area contributed by atoms with Crippen LogP contribution in [0.25, 0.3) is 0 Å². The molecule has 0 aromatic heterocycles. The summed E-state index contributed by atoms with van der Waals surface area (Å²) >= 11 is 0. The van der Waals surface area contributed by atoms with Crippen molar-refractivity contribution in [2.24, 2.45) is 0 Å². The van der Waals surface area contributed by atoms with Gasteiger partial charge in [0.2, 0.25) is 0 Å². The van der Waals surface area contributed by atoms with Gasteiger partial charge in [-0.1, -0.05) is 13.8 Å². The van der Waals surface area contributed by atoms with Crippen LogP contribution < -0.4 is 16.0 Å². The minimum absolute atomic E-state index is 0.354. The molecule has 0 amide bonds. The first-order chi connectivity index (χ1) is 19.7. The van der Waals surface area contributed by atoms with Crippen molar-refractivity contribution in [3.8, 4) is 0 Å². The fraction of sp³-hybridized carbons (Fsp3) is 1.00. The first-order valence-electron chi connectivity index (χ1n) is 17.4. The fourth-order valence-electron chi connectivity index (χ4n) is 6.11. The van der Waals surface area contributed by atoms with Crippen molar-refractivity contribution in [3.63, 3.8) is 0 Å². The maximum absolute atomic E-state index is 3.47. The van der Waals surface area contributed by atoms with Crippen LogP contribution in [0.3, 0.4) is 0 Å². The van der Waals surface area contributed by atoms with Gasteiger partial charge in [0.1, 0.15) is 0 Å². The van der Waals surface area contributed by atoms with E-state index in [1.54, 1.807) is 0 Å². The molecule has 0 saturated carbocycles. The van der Waals surface area contributed by atoms with Gasteiger partial charge in [-0.05, 0) is 115 Å². The molecule has 0 spiro atoms. The molecule has 8 nitrogen and oxygen atoms in total. The molecule has 3 fully saturated rings. The highest BCUT2D eigenvalue weighted by Gasteiger charge is 2.30. The molecule has 3 heterocycles. The van der Waals surface area contributed by atoms with Gasteiger partial charge in [0, 0.05) is 94.7 Å². The first-order valence-corrected chi connectivity index (χ1v) is 17.4. The number of piperazine rings is 1. The second-order valence-electron chi connectivity index (χ2n) is 14.9. The lowest BCUT2D eigenvalue weighted by molar-refractivity contribution is 0.0369. The van der Waals surface area contributed by atoms with Crippen LogP contribution in [0, 0.1) is 0 Å². The second-order valence-corrected chi connectivity index (χ2v) is 14.9. The number of hydrogen-bond donors (Lipinski definition) is 3. The van der Waals surface area contributed by atoms with Crippen molar-refractivity contribution in [1.82, 2.24) is 40.4 Å². The summed E-state index contributed by atoms with van der Waals surface area (Å²) in [4.78, 5) is 12.7. The van der Waals surface area contributed by atoms with E-state index in [0.29, 0.717) is 23.7 Å². The van der Waals surface area contributed by atoms with Gasteiger partial charge in [0.25, 0.3) is 0 Å². The molecule has 0 aliphatic carbocycles. The smallest absolute Gasteiger partial charge is 0.0217 e. The van der Waals surface area contributed by atoms with Crippen molar-refractivity contribution < 1.29 is 0 Å².